The topological polar surface area (TPSA) is 73.2 Å². The van der Waals surface area contributed by atoms with Crippen LogP contribution in [0, 0.1) is 13.8 Å². The van der Waals surface area contributed by atoms with Crippen molar-refractivity contribution < 1.29 is 19.3 Å². The van der Waals surface area contributed by atoms with Gasteiger partial charge in [-0.15, -0.1) is 0 Å². The van der Waals surface area contributed by atoms with E-state index in [1.165, 1.54) is 5.56 Å². The van der Waals surface area contributed by atoms with Crippen molar-refractivity contribution >= 4 is 0 Å². The van der Waals surface area contributed by atoms with Gasteiger partial charge in [0.05, 0.1) is 19.8 Å². The maximum atomic E-state index is 11.9. The molecule has 0 amide bonds. The third-order valence-electron chi connectivity index (χ3n) is 6.24. The molecule has 0 saturated carbocycles. The van der Waals surface area contributed by atoms with E-state index in [2.05, 4.69) is 4.90 Å². The molecule has 1 fully saturated rings. The van der Waals surface area contributed by atoms with Gasteiger partial charge in [-0.05, 0) is 55.7 Å². The minimum Gasteiger partial charge on any atom is -0.494 e. The zero-order valence-electron chi connectivity index (χ0n) is 21.2. The molecule has 0 radical (unpaired) electrons. The van der Waals surface area contributed by atoms with Crippen LogP contribution in [0.15, 0.2) is 71.7 Å². The van der Waals surface area contributed by atoms with Gasteiger partial charge in [-0.1, -0.05) is 35.9 Å². The summed E-state index contributed by atoms with van der Waals surface area (Å²) >= 11 is 0. The predicted octanol–water partition coefficient (Wildman–Crippen LogP) is 3.58. The van der Waals surface area contributed by atoms with E-state index >= 15 is 0 Å². The van der Waals surface area contributed by atoms with E-state index in [9.17, 15) is 9.90 Å². The number of aromatic nitrogens is 1. The number of ether oxygens (including phenoxy) is 3. The van der Waals surface area contributed by atoms with Gasteiger partial charge in [0.2, 0.25) is 0 Å². The highest BCUT2D eigenvalue weighted by Gasteiger charge is 2.33. The van der Waals surface area contributed by atoms with Gasteiger partial charge in [0.15, 0.2) is 0 Å². The number of β-amino-alcohol motifs (C(OH)–C–C–N with tert-alkyl or cyclic N) is 1. The van der Waals surface area contributed by atoms with E-state index in [1.54, 1.807) is 10.6 Å². The number of hydrogen-bond donors (Lipinski definition) is 1. The number of rotatable bonds is 10. The first-order chi connectivity index (χ1) is 17.4. The lowest BCUT2D eigenvalue weighted by Crippen LogP contribution is -2.48. The predicted molar refractivity (Wildman–Crippen MR) is 140 cm³/mol. The average Bonchev–Trinajstić information content (AvgIpc) is 3.05. The van der Waals surface area contributed by atoms with Gasteiger partial charge in [0, 0.05) is 38.4 Å². The van der Waals surface area contributed by atoms with Gasteiger partial charge in [-0.3, -0.25) is 9.69 Å². The minimum absolute atomic E-state index is 0.0116. The summed E-state index contributed by atoms with van der Waals surface area (Å²) in [7, 11) is 0. The van der Waals surface area contributed by atoms with Crippen LogP contribution >= 0.6 is 0 Å². The first-order valence-corrected chi connectivity index (χ1v) is 12.5. The first kappa shape index (κ1) is 25.9. The van der Waals surface area contributed by atoms with Crippen molar-refractivity contribution in [1.29, 1.82) is 0 Å². The number of aryl methyl sites for hydroxylation is 3. The van der Waals surface area contributed by atoms with Crippen molar-refractivity contribution in [2.75, 3.05) is 39.5 Å². The smallest absolute Gasteiger partial charge is 0.250 e. The fraction of sp³-hybridized carbons (Fsp3) is 0.414. The summed E-state index contributed by atoms with van der Waals surface area (Å²) in [5.41, 5.74) is 2.30. The van der Waals surface area contributed by atoms with E-state index in [1.807, 2.05) is 74.6 Å². The molecule has 1 atom stereocenters. The second-order valence-corrected chi connectivity index (χ2v) is 9.67. The average molecular weight is 493 g/mol. The number of pyridine rings is 1. The Morgan fingerprint density at radius 2 is 1.64 bits per heavy atom. The van der Waals surface area contributed by atoms with Gasteiger partial charge in [-0.2, -0.15) is 0 Å². The molecule has 4 rings (SSSR count). The third-order valence-corrected chi connectivity index (χ3v) is 6.24. The second kappa shape index (κ2) is 12.2. The van der Waals surface area contributed by atoms with Gasteiger partial charge in [0.25, 0.3) is 5.56 Å². The molecule has 7 nitrogen and oxygen atoms in total. The summed E-state index contributed by atoms with van der Waals surface area (Å²) in [6.07, 6.45) is 2.63. The molecule has 1 N–H and O–H groups in total. The highest BCUT2D eigenvalue weighted by atomic mass is 16.5. The maximum absolute atomic E-state index is 11.9. The van der Waals surface area contributed by atoms with Crippen molar-refractivity contribution in [1.82, 2.24) is 9.47 Å². The zero-order chi connectivity index (χ0) is 25.4. The van der Waals surface area contributed by atoms with Crippen LogP contribution in [0.3, 0.4) is 0 Å². The standard InChI is InChI=1S/C29H36N2O5/c1-23-4-9-27(10-5-23)36-22-29(33)20-30(15-17-34-21-29)19-25-7-11-26(12-8-25)35-16-3-14-31-18-24(2)6-13-28(31)32/h4-13,18,33H,3,14-17,19-22H2,1-2H3/t29-/m1/s1. The molecule has 0 spiro atoms. The van der Waals surface area contributed by atoms with Crippen molar-refractivity contribution in [2.24, 2.45) is 0 Å². The number of aliphatic hydroxyl groups is 1. The molecule has 2 aromatic carbocycles. The maximum Gasteiger partial charge on any atom is 0.250 e. The van der Waals surface area contributed by atoms with Crippen molar-refractivity contribution in [3.8, 4) is 11.5 Å². The summed E-state index contributed by atoms with van der Waals surface area (Å²) in [6.45, 7) is 8.08. The number of hydrogen-bond acceptors (Lipinski definition) is 6. The monoisotopic (exact) mass is 492 g/mol. The van der Waals surface area contributed by atoms with E-state index in [0.29, 0.717) is 32.8 Å². The molecule has 0 aliphatic carbocycles. The highest BCUT2D eigenvalue weighted by molar-refractivity contribution is 5.28. The Morgan fingerprint density at radius 1 is 0.944 bits per heavy atom. The minimum atomic E-state index is -1.08. The van der Waals surface area contributed by atoms with Crippen LogP contribution < -0.4 is 15.0 Å². The van der Waals surface area contributed by atoms with E-state index in [-0.39, 0.29) is 18.8 Å². The molecule has 1 saturated heterocycles. The first-order valence-electron chi connectivity index (χ1n) is 12.5. The quantitative estimate of drug-likeness (QED) is 0.436. The van der Waals surface area contributed by atoms with Crippen LogP contribution in [0.5, 0.6) is 11.5 Å². The van der Waals surface area contributed by atoms with Crippen molar-refractivity contribution in [2.45, 2.75) is 39.0 Å². The van der Waals surface area contributed by atoms with Crippen molar-refractivity contribution in [3.05, 3.63) is 93.9 Å². The Hall–Kier alpha value is -3.13. The van der Waals surface area contributed by atoms with E-state index < -0.39 is 5.60 Å². The van der Waals surface area contributed by atoms with Crippen molar-refractivity contribution in [3.63, 3.8) is 0 Å². The van der Waals surface area contributed by atoms with Crippen LogP contribution in [-0.4, -0.2) is 59.7 Å². The summed E-state index contributed by atoms with van der Waals surface area (Å²) < 4.78 is 19.2. The Kier molecular flexibility index (Phi) is 8.80. The molecule has 36 heavy (non-hydrogen) atoms. The molecule has 1 aliphatic rings. The molecular formula is C29H36N2O5. The van der Waals surface area contributed by atoms with Crippen LogP contribution in [0.1, 0.15) is 23.1 Å². The van der Waals surface area contributed by atoms with Gasteiger partial charge >= 0.3 is 0 Å². The fourth-order valence-corrected chi connectivity index (χ4v) is 4.27. The molecule has 0 unspecified atom stereocenters. The summed E-state index contributed by atoms with van der Waals surface area (Å²) in [4.78, 5) is 14.1. The number of benzene rings is 2. The molecule has 1 aliphatic heterocycles. The number of nitrogens with zero attached hydrogens (tertiary/aromatic N) is 2. The van der Waals surface area contributed by atoms with Crippen LogP contribution in [0.4, 0.5) is 0 Å². The molecule has 7 heteroatoms. The Balaban J connectivity index is 1.24. The Bertz CT molecular complexity index is 1160. The summed E-state index contributed by atoms with van der Waals surface area (Å²) in [6, 6.07) is 19.3. The SMILES string of the molecule is Cc1ccc(OC[C@]2(O)COCCN(Cc3ccc(OCCCn4cc(C)ccc4=O)cc3)C2)cc1. The van der Waals surface area contributed by atoms with E-state index in [4.69, 9.17) is 14.2 Å². The largest absolute Gasteiger partial charge is 0.494 e. The second-order valence-electron chi connectivity index (χ2n) is 9.67. The van der Waals surface area contributed by atoms with Crippen LogP contribution in [-0.2, 0) is 17.8 Å². The van der Waals surface area contributed by atoms with Crippen LogP contribution in [0.2, 0.25) is 0 Å². The molecule has 2 heterocycles. The third kappa shape index (κ3) is 7.68. The van der Waals surface area contributed by atoms with Crippen LogP contribution in [0.25, 0.3) is 0 Å². The molecule has 3 aromatic rings. The molecule has 192 valence electrons. The lowest BCUT2D eigenvalue weighted by Gasteiger charge is -2.30. The fourth-order valence-electron chi connectivity index (χ4n) is 4.27. The van der Waals surface area contributed by atoms with Gasteiger partial charge < -0.3 is 23.9 Å². The Labute approximate surface area is 212 Å². The van der Waals surface area contributed by atoms with Gasteiger partial charge in [0.1, 0.15) is 23.7 Å². The Morgan fingerprint density at radius 3 is 2.42 bits per heavy atom. The molecule has 0 bridgehead atoms. The summed E-state index contributed by atoms with van der Waals surface area (Å²) in [5, 5.41) is 11.2. The lowest BCUT2D eigenvalue weighted by atomic mass is 10.1. The molecule has 1 aromatic heterocycles. The lowest BCUT2D eigenvalue weighted by molar-refractivity contribution is -0.0646. The summed E-state index contributed by atoms with van der Waals surface area (Å²) in [5.74, 6) is 1.55. The van der Waals surface area contributed by atoms with E-state index in [0.717, 1.165) is 35.6 Å². The zero-order valence-corrected chi connectivity index (χ0v) is 21.2. The molecular weight excluding hydrogens is 456 g/mol. The highest BCUT2D eigenvalue weighted by Crippen LogP contribution is 2.20. The van der Waals surface area contributed by atoms with Gasteiger partial charge in [-0.25, -0.2) is 0 Å². The normalized spacial score (nSPS) is 18.5.